The molecule has 0 radical (unpaired) electrons. The molecule has 0 aliphatic carbocycles. The summed E-state index contributed by atoms with van der Waals surface area (Å²) in [6.45, 7) is 10.3. The Morgan fingerprint density at radius 1 is 1.20 bits per heavy atom. The van der Waals surface area contributed by atoms with Crippen molar-refractivity contribution in [3.63, 3.8) is 0 Å². The van der Waals surface area contributed by atoms with E-state index < -0.39 is 0 Å². The largest absolute Gasteiger partial charge is 0.314 e. The van der Waals surface area contributed by atoms with Gasteiger partial charge < -0.3 is 5.32 Å². The van der Waals surface area contributed by atoms with Gasteiger partial charge in [-0.1, -0.05) is 12.1 Å². The number of halogens is 1. The number of hydrogen-bond acceptors (Lipinski definition) is 5. The van der Waals surface area contributed by atoms with Crippen LogP contribution in [0.5, 0.6) is 0 Å². The van der Waals surface area contributed by atoms with Gasteiger partial charge in [0.05, 0.1) is 5.69 Å². The lowest BCUT2D eigenvalue weighted by molar-refractivity contribution is 0.170. The molecular weight excluding hydrogens is 336 g/mol. The van der Waals surface area contributed by atoms with Crippen molar-refractivity contribution in [2.75, 3.05) is 39.3 Å². The number of likely N-dealkylation sites (tertiary alicyclic amines) is 1. The van der Waals surface area contributed by atoms with E-state index in [2.05, 4.69) is 50.3 Å². The number of aromatic nitrogens is 3. The SMILES string of the molecule is Cc1cc(CN2CCC(N3CCNCC3)C2)ccc1-n1cncn1.Cl. The first-order chi connectivity index (χ1) is 11.8. The van der Waals surface area contributed by atoms with Gasteiger partial charge in [0, 0.05) is 51.9 Å². The molecule has 4 rings (SSSR count). The second-order valence-electron chi connectivity index (χ2n) is 6.92. The molecule has 3 heterocycles. The highest BCUT2D eigenvalue weighted by atomic mass is 35.5. The molecule has 1 aromatic heterocycles. The minimum atomic E-state index is 0. The number of nitrogens with one attached hydrogen (secondary N) is 1. The predicted molar refractivity (Wildman–Crippen MR) is 101 cm³/mol. The minimum absolute atomic E-state index is 0. The first kappa shape index (κ1) is 18.3. The molecule has 1 N–H and O–H groups in total. The molecule has 2 aromatic rings. The van der Waals surface area contributed by atoms with E-state index in [1.807, 2.05) is 4.68 Å². The zero-order chi connectivity index (χ0) is 16.4. The molecule has 0 bridgehead atoms. The topological polar surface area (TPSA) is 49.2 Å². The third kappa shape index (κ3) is 4.20. The first-order valence-electron chi connectivity index (χ1n) is 8.91. The summed E-state index contributed by atoms with van der Waals surface area (Å²) in [5.74, 6) is 0. The molecule has 2 fully saturated rings. The van der Waals surface area contributed by atoms with E-state index in [9.17, 15) is 0 Å². The van der Waals surface area contributed by atoms with Crippen LogP contribution in [0.25, 0.3) is 5.69 Å². The average molecular weight is 363 g/mol. The number of rotatable bonds is 4. The Labute approximate surface area is 155 Å². The summed E-state index contributed by atoms with van der Waals surface area (Å²) < 4.78 is 1.83. The Bertz CT molecular complexity index is 668. The molecule has 2 aliphatic heterocycles. The lowest BCUT2D eigenvalue weighted by atomic mass is 10.1. The van der Waals surface area contributed by atoms with Gasteiger partial charge in [-0.25, -0.2) is 9.67 Å². The molecule has 25 heavy (non-hydrogen) atoms. The van der Waals surface area contributed by atoms with Crippen LogP contribution in [-0.2, 0) is 6.54 Å². The van der Waals surface area contributed by atoms with Gasteiger partial charge in [-0.15, -0.1) is 12.4 Å². The van der Waals surface area contributed by atoms with E-state index in [4.69, 9.17) is 0 Å². The van der Waals surface area contributed by atoms with Gasteiger partial charge in [-0.05, 0) is 30.5 Å². The molecular formula is C18H27ClN6. The van der Waals surface area contributed by atoms with Gasteiger partial charge in [-0.3, -0.25) is 9.80 Å². The van der Waals surface area contributed by atoms with Crippen LogP contribution in [0.1, 0.15) is 17.5 Å². The molecule has 7 heteroatoms. The van der Waals surface area contributed by atoms with E-state index in [0.717, 1.165) is 31.4 Å². The normalized spacial score (nSPS) is 22.0. The van der Waals surface area contributed by atoms with Gasteiger partial charge in [-0.2, -0.15) is 5.10 Å². The third-order valence-electron chi connectivity index (χ3n) is 5.25. The Morgan fingerprint density at radius 2 is 2.04 bits per heavy atom. The van der Waals surface area contributed by atoms with Crippen molar-refractivity contribution in [3.8, 4) is 5.69 Å². The summed E-state index contributed by atoms with van der Waals surface area (Å²) in [6.07, 6.45) is 4.63. The van der Waals surface area contributed by atoms with Crippen LogP contribution in [0, 0.1) is 6.92 Å². The number of hydrogen-bond donors (Lipinski definition) is 1. The molecule has 0 spiro atoms. The van der Waals surface area contributed by atoms with Crippen molar-refractivity contribution < 1.29 is 0 Å². The summed E-state index contributed by atoms with van der Waals surface area (Å²) in [4.78, 5) is 9.29. The Balaban J connectivity index is 0.00000182. The lowest BCUT2D eigenvalue weighted by Crippen LogP contribution is -2.49. The second-order valence-corrected chi connectivity index (χ2v) is 6.92. The van der Waals surface area contributed by atoms with Crippen LogP contribution >= 0.6 is 12.4 Å². The molecule has 1 aromatic carbocycles. The maximum Gasteiger partial charge on any atom is 0.138 e. The van der Waals surface area contributed by atoms with Crippen LogP contribution in [0.2, 0.25) is 0 Å². The zero-order valence-electron chi connectivity index (χ0n) is 14.8. The van der Waals surface area contributed by atoms with E-state index in [0.29, 0.717) is 0 Å². The fourth-order valence-electron chi connectivity index (χ4n) is 3.96. The van der Waals surface area contributed by atoms with E-state index in [1.165, 1.54) is 43.7 Å². The minimum Gasteiger partial charge on any atom is -0.314 e. The molecule has 1 unspecified atom stereocenters. The number of piperazine rings is 1. The van der Waals surface area contributed by atoms with Crippen molar-refractivity contribution >= 4 is 12.4 Å². The number of nitrogens with zero attached hydrogens (tertiary/aromatic N) is 5. The molecule has 0 saturated carbocycles. The highest BCUT2D eigenvalue weighted by Crippen LogP contribution is 2.20. The van der Waals surface area contributed by atoms with Gasteiger partial charge in [0.15, 0.2) is 0 Å². The maximum absolute atomic E-state index is 4.23. The van der Waals surface area contributed by atoms with Crippen LogP contribution in [0.4, 0.5) is 0 Å². The summed E-state index contributed by atoms with van der Waals surface area (Å²) in [6, 6.07) is 7.41. The number of benzene rings is 1. The maximum atomic E-state index is 4.23. The quantitative estimate of drug-likeness (QED) is 0.892. The van der Waals surface area contributed by atoms with Crippen LogP contribution in [-0.4, -0.2) is 69.9 Å². The highest BCUT2D eigenvalue weighted by Gasteiger charge is 2.28. The standard InChI is InChI=1S/C18H26N6.ClH/c1-15-10-16(2-3-18(15)24-14-20-13-21-24)11-22-7-4-17(12-22)23-8-5-19-6-9-23;/h2-3,10,13-14,17,19H,4-9,11-12H2,1H3;1H. The molecule has 0 amide bonds. The Kier molecular flexibility index (Phi) is 6.06. The van der Waals surface area contributed by atoms with E-state index >= 15 is 0 Å². The van der Waals surface area contributed by atoms with Crippen molar-refractivity contribution in [1.82, 2.24) is 29.9 Å². The average Bonchev–Trinajstić information content (AvgIpc) is 3.28. The van der Waals surface area contributed by atoms with Crippen molar-refractivity contribution in [3.05, 3.63) is 42.0 Å². The summed E-state index contributed by atoms with van der Waals surface area (Å²) in [5.41, 5.74) is 3.74. The van der Waals surface area contributed by atoms with Gasteiger partial charge in [0.25, 0.3) is 0 Å². The summed E-state index contributed by atoms with van der Waals surface area (Å²) in [5, 5.41) is 7.67. The van der Waals surface area contributed by atoms with Gasteiger partial charge in [0.1, 0.15) is 12.7 Å². The van der Waals surface area contributed by atoms with Crippen LogP contribution in [0.15, 0.2) is 30.9 Å². The van der Waals surface area contributed by atoms with Crippen molar-refractivity contribution in [1.29, 1.82) is 0 Å². The molecule has 2 aliphatic rings. The second kappa shape index (κ2) is 8.27. The van der Waals surface area contributed by atoms with E-state index in [1.54, 1.807) is 12.7 Å². The number of aryl methyl sites for hydroxylation is 1. The fraction of sp³-hybridized carbons (Fsp3) is 0.556. The van der Waals surface area contributed by atoms with Crippen molar-refractivity contribution in [2.45, 2.75) is 25.9 Å². The molecule has 2 saturated heterocycles. The Hall–Kier alpha value is -1.47. The fourth-order valence-corrected chi connectivity index (χ4v) is 3.96. The van der Waals surface area contributed by atoms with Gasteiger partial charge >= 0.3 is 0 Å². The molecule has 1 atom stereocenters. The molecule has 136 valence electrons. The van der Waals surface area contributed by atoms with Gasteiger partial charge in [0.2, 0.25) is 0 Å². The van der Waals surface area contributed by atoms with Crippen LogP contribution in [0.3, 0.4) is 0 Å². The third-order valence-corrected chi connectivity index (χ3v) is 5.25. The Morgan fingerprint density at radius 3 is 2.76 bits per heavy atom. The molecule has 6 nitrogen and oxygen atoms in total. The highest BCUT2D eigenvalue weighted by molar-refractivity contribution is 5.85. The smallest absolute Gasteiger partial charge is 0.138 e. The summed E-state index contributed by atoms with van der Waals surface area (Å²) in [7, 11) is 0. The van der Waals surface area contributed by atoms with Crippen molar-refractivity contribution in [2.24, 2.45) is 0 Å². The van der Waals surface area contributed by atoms with Crippen LogP contribution < -0.4 is 5.32 Å². The first-order valence-corrected chi connectivity index (χ1v) is 8.91. The lowest BCUT2D eigenvalue weighted by Gasteiger charge is -2.32. The monoisotopic (exact) mass is 362 g/mol. The predicted octanol–water partition coefficient (Wildman–Crippen LogP) is 1.48. The van der Waals surface area contributed by atoms with E-state index in [-0.39, 0.29) is 12.4 Å². The summed E-state index contributed by atoms with van der Waals surface area (Å²) >= 11 is 0. The zero-order valence-corrected chi connectivity index (χ0v) is 15.6.